The fourth-order valence-electron chi connectivity index (χ4n) is 2.96. The van der Waals surface area contributed by atoms with Gasteiger partial charge in [0, 0.05) is 10.6 Å². The van der Waals surface area contributed by atoms with Crippen molar-refractivity contribution in [3.05, 3.63) is 82.1 Å². The van der Waals surface area contributed by atoms with Crippen LogP contribution in [0.3, 0.4) is 0 Å². The van der Waals surface area contributed by atoms with Crippen molar-refractivity contribution in [2.45, 2.75) is 19.8 Å². The standard InChI is InChI=1S/C20H19ClO/c1-14-5-3-6-16(13-14)18-7-4-8-19(22-2)20(18)15-9-11-17(21)12-10-15/h3,5-6,8-13H,4,7H2,1-2H3. The molecule has 0 aliphatic heterocycles. The van der Waals surface area contributed by atoms with E-state index in [1.165, 1.54) is 22.3 Å². The number of ether oxygens (including phenoxy) is 1. The topological polar surface area (TPSA) is 9.23 Å². The molecule has 0 radical (unpaired) electrons. The van der Waals surface area contributed by atoms with Crippen molar-refractivity contribution in [3.63, 3.8) is 0 Å². The predicted octanol–water partition coefficient (Wildman–Crippen LogP) is 5.88. The lowest BCUT2D eigenvalue weighted by Gasteiger charge is -2.22. The maximum atomic E-state index is 6.03. The quantitative estimate of drug-likeness (QED) is 0.687. The fraction of sp³-hybridized carbons (Fsp3) is 0.200. The van der Waals surface area contributed by atoms with E-state index in [1.807, 2.05) is 12.1 Å². The minimum atomic E-state index is 0.750. The van der Waals surface area contributed by atoms with Gasteiger partial charge in [0.05, 0.1) is 7.11 Å². The molecular formula is C20H19ClO. The van der Waals surface area contributed by atoms with Crippen molar-refractivity contribution < 1.29 is 4.74 Å². The van der Waals surface area contributed by atoms with E-state index in [2.05, 4.69) is 49.4 Å². The zero-order chi connectivity index (χ0) is 15.5. The molecule has 2 heteroatoms. The summed E-state index contributed by atoms with van der Waals surface area (Å²) in [6.07, 6.45) is 4.20. The van der Waals surface area contributed by atoms with Crippen LogP contribution in [0.2, 0.25) is 5.02 Å². The minimum Gasteiger partial charge on any atom is -0.496 e. The molecule has 0 bridgehead atoms. The Morgan fingerprint density at radius 3 is 2.45 bits per heavy atom. The van der Waals surface area contributed by atoms with Gasteiger partial charge in [0.25, 0.3) is 0 Å². The molecule has 1 nitrogen and oxygen atoms in total. The Hall–Kier alpha value is -1.99. The van der Waals surface area contributed by atoms with Crippen molar-refractivity contribution in [1.82, 2.24) is 0 Å². The summed E-state index contributed by atoms with van der Waals surface area (Å²) < 4.78 is 5.64. The monoisotopic (exact) mass is 310 g/mol. The summed E-state index contributed by atoms with van der Waals surface area (Å²) in [4.78, 5) is 0. The SMILES string of the molecule is COC1=CCCC(c2cccc(C)c2)=C1c1ccc(Cl)cc1. The third kappa shape index (κ3) is 2.95. The average molecular weight is 311 g/mol. The summed E-state index contributed by atoms with van der Waals surface area (Å²) in [7, 11) is 1.74. The van der Waals surface area contributed by atoms with E-state index in [-0.39, 0.29) is 0 Å². The van der Waals surface area contributed by atoms with Crippen LogP contribution < -0.4 is 0 Å². The van der Waals surface area contributed by atoms with Gasteiger partial charge in [-0.3, -0.25) is 0 Å². The Labute approximate surface area is 136 Å². The molecule has 1 aliphatic rings. The maximum Gasteiger partial charge on any atom is 0.123 e. The number of aryl methyl sites for hydroxylation is 1. The van der Waals surface area contributed by atoms with E-state index in [0.29, 0.717) is 0 Å². The van der Waals surface area contributed by atoms with Crippen LogP contribution in [0.15, 0.2) is 60.4 Å². The molecule has 0 unspecified atom stereocenters. The first-order chi connectivity index (χ1) is 10.7. The number of benzene rings is 2. The maximum absolute atomic E-state index is 6.03. The highest BCUT2D eigenvalue weighted by molar-refractivity contribution is 6.30. The molecule has 0 saturated carbocycles. The molecule has 0 fully saturated rings. The first kappa shape index (κ1) is 14.9. The van der Waals surface area contributed by atoms with Gasteiger partial charge in [-0.1, -0.05) is 53.6 Å². The van der Waals surface area contributed by atoms with Crippen LogP contribution in [0, 0.1) is 6.92 Å². The average Bonchev–Trinajstić information content (AvgIpc) is 2.55. The van der Waals surface area contributed by atoms with Crippen LogP contribution in [0.1, 0.15) is 29.5 Å². The van der Waals surface area contributed by atoms with Crippen LogP contribution in [0.5, 0.6) is 0 Å². The van der Waals surface area contributed by atoms with Crippen LogP contribution in [0.4, 0.5) is 0 Å². The second kappa shape index (κ2) is 6.41. The molecule has 0 amide bonds. The number of methoxy groups -OCH3 is 1. The fourth-order valence-corrected chi connectivity index (χ4v) is 3.09. The van der Waals surface area contributed by atoms with Crippen molar-refractivity contribution in [2.75, 3.05) is 7.11 Å². The van der Waals surface area contributed by atoms with E-state index < -0.39 is 0 Å². The Bertz CT molecular complexity index is 739. The Kier molecular flexibility index (Phi) is 4.35. The summed E-state index contributed by atoms with van der Waals surface area (Å²) in [5, 5.41) is 0.750. The molecule has 2 aromatic rings. The number of halogens is 1. The van der Waals surface area contributed by atoms with E-state index in [1.54, 1.807) is 7.11 Å². The Morgan fingerprint density at radius 1 is 1.00 bits per heavy atom. The lowest BCUT2D eigenvalue weighted by Crippen LogP contribution is -2.03. The van der Waals surface area contributed by atoms with Gasteiger partial charge in [0.1, 0.15) is 5.76 Å². The lowest BCUT2D eigenvalue weighted by atomic mass is 9.86. The van der Waals surface area contributed by atoms with Crippen LogP contribution in [0.25, 0.3) is 11.1 Å². The molecule has 0 aromatic heterocycles. The first-order valence-electron chi connectivity index (χ1n) is 7.49. The summed E-state index contributed by atoms with van der Waals surface area (Å²) in [5.74, 6) is 0.949. The van der Waals surface area contributed by atoms with E-state index in [4.69, 9.17) is 16.3 Å². The van der Waals surface area contributed by atoms with Gasteiger partial charge < -0.3 is 4.74 Å². The minimum absolute atomic E-state index is 0.750. The van der Waals surface area contributed by atoms with Gasteiger partial charge in [0.15, 0.2) is 0 Å². The molecule has 3 rings (SSSR count). The van der Waals surface area contributed by atoms with Gasteiger partial charge in [-0.15, -0.1) is 0 Å². The highest BCUT2D eigenvalue weighted by Crippen LogP contribution is 2.39. The van der Waals surface area contributed by atoms with Gasteiger partial charge in [-0.05, 0) is 54.7 Å². The van der Waals surface area contributed by atoms with E-state index in [9.17, 15) is 0 Å². The summed E-state index contributed by atoms with van der Waals surface area (Å²) in [5.41, 5.74) is 6.21. The third-order valence-electron chi connectivity index (χ3n) is 3.99. The van der Waals surface area contributed by atoms with Crippen LogP contribution >= 0.6 is 11.6 Å². The molecule has 0 atom stereocenters. The van der Waals surface area contributed by atoms with Gasteiger partial charge in [-0.25, -0.2) is 0 Å². The van der Waals surface area contributed by atoms with E-state index in [0.717, 1.165) is 29.2 Å². The number of hydrogen-bond donors (Lipinski definition) is 0. The molecular weight excluding hydrogens is 292 g/mol. The first-order valence-corrected chi connectivity index (χ1v) is 7.87. The zero-order valence-corrected chi connectivity index (χ0v) is 13.7. The van der Waals surface area contributed by atoms with Gasteiger partial charge >= 0.3 is 0 Å². The summed E-state index contributed by atoms with van der Waals surface area (Å²) in [6, 6.07) is 16.6. The largest absolute Gasteiger partial charge is 0.496 e. The van der Waals surface area contributed by atoms with Gasteiger partial charge in [-0.2, -0.15) is 0 Å². The smallest absolute Gasteiger partial charge is 0.123 e. The van der Waals surface area contributed by atoms with Crippen molar-refractivity contribution in [3.8, 4) is 0 Å². The summed E-state index contributed by atoms with van der Waals surface area (Å²) >= 11 is 6.03. The zero-order valence-electron chi connectivity index (χ0n) is 12.9. The van der Waals surface area contributed by atoms with Crippen molar-refractivity contribution in [1.29, 1.82) is 0 Å². The van der Waals surface area contributed by atoms with Gasteiger partial charge in [0.2, 0.25) is 0 Å². The number of hydrogen-bond acceptors (Lipinski definition) is 1. The van der Waals surface area contributed by atoms with Crippen molar-refractivity contribution >= 4 is 22.7 Å². The van der Waals surface area contributed by atoms with Crippen LogP contribution in [-0.2, 0) is 4.74 Å². The second-order valence-electron chi connectivity index (χ2n) is 5.54. The predicted molar refractivity (Wildman–Crippen MR) is 93.8 cm³/mol. The number of rotatable bonds is 3. The molecule has 0 heterocycles. The molecule has 22 heavy (non-hydrogen) atoms. The molecule has 0 saturated heterocycles. The van der Waals surface area contributed by atoms with E-state index >= 15 is 0 Å². The molecule has 2 aromatic carbocycles. The highest BCUT2D eigenvalue weighted by Gasteiger charge is 2.19. The lowest BCUT2D eigenvalue weighted by molar-refractivity contribution is 0.308. The molecule has 1 aliphatic carbocycles. The van der Waals surface area contributed by atoms with Crippen LogP contribution in [-0.4, -0.2) is 7.11 Å². The number of allylic oxidation sites excluding steroid dienone is 3. The molecule has 112 valence electrons. The van der Waals surface area contributed by atoms with Crippen molar-refractivity contribution in [2.24, 2.45) is 0 Å². The summed E-state index contributed by atoms with van der Waals surface area (Å²) in [6.45, 7) is 2.13. The molecule has 0 spiro atoms. The Balaban J connectivity index is 2.19. The second-order valence-corrected chi connectivity index (χ2v) is 5.98. The normalized spacial score (nSPS) is 14.8. The third-order valence-corrected chi connectivity index (χ3v) is 4.24. The molecule has 0 N–H and O–H groups in total. The highest BCUT2D eigenvalue weighted by atomic mass is 35.5. The Morgan fingerprint density at radius 2 is 1.77 bits per heavy atom.